The van der Waals surface area contributed by atoms with E-state index in [2.05, 4.69) is 20.9 Å². The van der Waals surface area contributed by atoms with Crippen LogP contribution in [0.15, 0.2) is 0 Å². The lowest BCUT2D eigenvalue weighted by Gasteiger charge is -2.42. The number of quaternary nitrogens is 1. The van der Waals surface area contributed by atoms with Crippen molar-refractivity contribution in [3.63, 3.8) is 0 Å². The molecule has 0 amide bonds. The van der Waals surface area contributed by atoms with Crippen LogP contribution in [-0.4, -0.2) is 30.7 Å². The van der Waals surface area contributed by atoms with E-state index in [1.807, 2.05) is 0 Å². The molecule has 1 heterocycles. The molecule has 2 atom stereocenters. The molecule has 0 aromatic heterocycles. The standard InChI is InChI=1S/C9H20N/c1-4-10(3)8-6-5-7-9(10)2/h9H,4-8H2,1-3H3/q+1/t9-,10+/m1/s1. The molecule has 1 heteroatoms. The molecule has 1 fully saturated rings. The Labute approximate surface area is 64.6 Å². The molecule has 1 nitrogen and oxygen atoms in total. The van der Waals surface area contributed by atoms with E-state index in [9.17, 15) is 0 Å². The summed E-state index contributed by atoms with van der Waals surface area (Å²) in [6, 6.07) is 0.902. The lowest BCUT2D eigenvalue weighted by molar-refractivity contribution is -0.934. The fraction of sp³-hybridized carbons (Fsp3) is 1.00. The van der Waals surface area contributed by atoms with Crippen LogP contribution < -0.4 is 0 Å². The summed E-state index contributed by atoms with van der Waals surface area (Å²) in [5.74, 6) is 0. The average Bonchev–Trinajstić information content (AvgIpc) is 1.96. The maximum atomic E-state index is 2.39. The van der Waals surface area contributed by atoms with Gasteiger partial charge in [0.25, 0.3) is 0 Å². The van der Waals surface area contributed by atoms with E-state index in [-0.39, 0.29) is 0 Å². The van der Waals surface area contributed by atoms with Crippen LogP contribution in [0.1, 0.15) is 33.1 Å². The third kappa shape index (κ3) is 1.34. The highest BCUT2D eigenvalue weighted by Crippen LogP contribution is 2.22. The Balaban J connectivity index is 2.54. The van der Waals surface area contributed by atoms with E-state index in [4.69, 9.17) is 0 Å². The Morgan fingerprint density at radius 1 is 1.40 bits per heavy atom. The SMILES string of the molecule is CC[N@@+]1(C)CCCC[C@H]1C. The largest absolute Gasteiger partial charge is 0.324 e. The maximum absolute atomic E-state index is 2.39. The number of rotatable bonds is 1. The van der Waals surface area contributed by atoms with E-state index in [1.54, 1.807) is 0 Å². The van der Waals surface area contributed by atoms with Crippen LogP contribution in [-0.2, 0) is 0 Å². The van der Waals surface area contributed by atoms with Gasteiger partial charge in [-0.15, -0.1) is 0 Å². The van der Waals surface area contributed by atoms with E-state index in [0.29, 0.717) is 0 Å². The van der Waals surface area contributed by atoms with Crippen molar-refractivity contribution < 1.29 is 4.48 Å². The molecule has 1 saturated heterocycles. The Kier molecular flexibility index (Phi) is 2.35. The highest BCUT2D eigenvalue weighted by atomic mass is 15.3. The van der Waals surface area contributed by atoms with Crippen molar-refractivity contribution in [3.05, 3.63) is 0 Å². The zero-order valence-electron chi connectivity index (χ0n) is 7.56. The third-order valence-corrected chi connectivity index (χ3v) is 3.33. The van der Waals surface area contributed by atoms with Gasteiger partial charge in [0.15, 0.2) is 0 Å². The second-order valence-corrected chi connectivity index (χ2v) is 3.86. The molecule has 0 unspecified atom stereocenters. The summed E-state index contributed by atoms with van der Waals surface area (Å²) in [5, 5.41) is 0. The maximum Gasteiger partial charge on any atom is 0.0859 e. The predicted molar refractivity (Wildman–Crippen MR) is 44.9 cm³/mol. The van der Waals surface area contributed by atoms with Gasteiger partial charge in [0.1, 0.15) is 0 Å². The molecule has 1 aliphatic rings. The molecule has 10 heavy (non-hydrogen) atoms. The summed E-state index contributed by atoms with van der Waals surface area (Å²) < 4.78 is 1.31. The van der Waals surface area contributed by atoms with Crippen molar-refractivity contribution in [2.75, 3.05) is 20.1 Å². The van der Waals surface area contributed by atoms with Gasteiger partial charge in [-0.3, -0.25) is 0 Å². The molecule has 0 radical (unpaired) electrons. The van der Waals surface area contributed by atoms with Crippen LogP contribution in [0.2, 0.25) is 0 Å². The van der Waals surface area contributed by atoms with E-state index < -0.39 is 0 Å². The molecule has 0 aromatic carbocycles. The zero-order chi connectivity index (χ0) is 7.61. The van der Waals surface area contributed by atoms with Crippen molar-refractivity contribution in [2.45, 2.75) is 39.2 Å². The van der Waals surface area contributed by atoms with Gasteiger partial charge in [-0.05, 0) is 33.1 Å². The van der Waals surface area contributed by atoms with Gasteiger partial charge in [0.05, 0.1) is 26.2 Å². The normalized spacial score (nSPS) is 41.7. The van der Waals surface area contributed by atoms with Crippen LogP contribution in [0.4, 0.5) is 0 Å². The molecule has 0 bridgehead atoms. The fourth-order valence-corrected chi connectivity index (χ4v) is 1.91. The average molecular weight is 142 g/mol. The minimum atomic E-state index is 0.902. The van der Waals surface area contributed by atoms with Crippen LogP contribution in [0, 0.1) is 0 Å². The lowest BCUT2D eigenvalue weighted by Crippen LogP contribution is -2.53. The van der Waals surface area contributed by atoms with E-state index >= 15 is 0 Å². The molecular formula is C9H20N+. The minimum Gasteiger partial charge on any atom is -0.324 e. The summed E-state index contributed by atoms with van der Waals surface area (Å²) >= 11 is 0. The third-order valence-electron chi connectivity index (χ3n) is 3.33. The van der Waals surface area contributed by atoms with Gasteiger partial charge >= 0.3 is 0 Å². The molecule has 1 aliphatic heterocycles. The molecule has 0 N–H and O–H groups in total. The Bertz CT molecular complexity index is 111. The van der Waals surface area contributed by atoms with Gasteiger partial charge in [-0.2, -0.15) is 0 Å². The van der Waals surface area contributed by atoms with Gasteiger partial charge in [-0.1, -0.05) is 0 Å². The first-order chi connectivity index (χ1) is 4.69. The van der Waals surface area contributed by atoms with Crippen molar-refractivity contribution in [3.8, 4) is 0 Å². The van der Waals surface area contributed by atoms with E-state index in [1.165, 1.54) is 36.8 Å². The smallest absolute Gasteiger partial charge is 0.0859 e. The molecule has 1 rings (SSSR count). The van der Waals surface area contributed by atoms with Crippen molar-refractivity contribution >= 4 is 0 Å². The number of piperidine rings is 1. The van der Waals surface area contributed by atoms with Gasteiger partial charge in [0.2, 0.25) is 0 Å². The van der Waals surface area contributed by atoms with Crippen molar-refractivity contribution in [1.29, 1.82) is 0 Å². The van der Waals surface area contributed by atoms with Crippen LogP contribution in [0.5, 0.6) is 0 Å². The highest BCUT2D eigenvalue weighted by Gasteiger charge is 2.29. The highest BCUT2D eigenvalue weighted by molar-refractivity contribution is 4.59. The Morgan fingerprint density at radius 3 is 2.50 bits per heavy atom. The molecule has 0 spiro atoms. The number of nitrogens with zero attached hydrogens (tertiary/aromatic N) is 1. The zero-order valence-corrected chi connectivity index (χ0v) is 7.56. The van der Waals surface area contributed by atoms with Crippen molar-refractivity contribution in [2.24, 2.45) is 0 Å². The van der Waals surface area contributed by atoms with Crippen molar-refractivity contribution in [1.82, 2.24) is 0 Å². The molecule has 0 aliphatic carbocycles. The number of hydrogen-bond acceptors (Lipinski definition) is 0. The second-order valence-electron chi connectivity index (χ2n) is 3.86. The predicted octanol–water partition coefficient (Wildman–Crippen LogP) is 2.03. The molecule has 0 aromatic rings. The van der Waals surface area contributed by atoms with Crippen LogP contribution >= 0.6 is 0 Å². The number of hydrogen-bond donors (Lipinski definition) is 0. The topological polar surface area (TPSA) is 0 Å². The summed E-state index contributed by atoms with van der Waals surface area (Å²) in [5.41, 5.74) is 0. The first kappa shape index (κ1) is 8.06. The Morgan fingerprint density at radius 2 is 2.10 bits per heavy atom. The second kappa shape index (κ2) is 2.91. The number of likely N-dealkylation sites (tertiary alicyclic amines) is 1. The fourth-order valence-electron chi connectivity index (χ4n) is 1.91. The first-order valence-corrected chi connectivity index (χ1v) is 4.53. The summed E-state index contributed by atoms with van der Waals surface area (Å²) in [7, 11) is 2.39. The monoisotopic (exact) mass is 142 g/mol. The van der Waals surface area contributed by atoms with Gasteiger partial charge < -0.3 is 4.48 Å². The van der Waals surface area contributed by atoms with Crippen LogP contribution in [0.25, 0.3) is 0 Å². The van der Waals surface area contributed by atoms with Gasteiger partial charge in [0, 0.05) is 0 Å². The Hall–Kier alpha value is -0.0400. The lowest BCUT2D eigenvalue weighted by atomic mass is 10.0. The van der Waals surface area contributed by atoms with Crippen LogP contribution in [0.3, 0.4) is 0 Å². The molecular weight excluding hydrogens is 122 g/mol. The quantitative estimate of drug-likeness (QED) is 0.491. The first-order valence-electron chi connectivity index (χ1n) is 4.53. The summed E-state index contributed by atoms with van der Waals surface area (Å²) in [4.78, 5) is 0. The molecule has 60 valence electrons. The van der Waals surface area contributed by atoms with E-state index in [0.717, 1.165) is 6.04 Å². The van der Waals surface area contributed by atoms with Gasteiger partial charge in [-0.25, -0.2) is 0 Å². The molecule has 0 saturated carbocycles. The summed E-state index contributed by atoms with van der Waals surface area (Å²) in [6.07, 6.45) is 4.33. The minimum absolute atomic E-state index is 0.902. The summed E-state index contributed by atoms with van der Waals surface area (Å²) in [6.45, 7) is 7.41.